The summed E-state index contributed by atoms with van der Waals surface area (Å²) in [4.78, 5) is 2.14. The minimum atomic E-state index is -0.718. The number of β-amino-alcohol motifs (C(OH)–C–C–N with tert-alkyl or cyclic N) is 1. The molecule has 0 amide bonds. The van der Waals surface area contributed by atoms with E-state index < -0.39 is 6.17 Å². The minimum absolute atomic E-state index is 0.186. The maximum absolute atomic E-state index is 12.5. The standard InChI is InChI=1S/C9H18FNO/c1-8(10)4-6-11-5-2-3-9(12)7-11/h8-9,12H,2-7H2,1H3. The Morgan fingerprint density at radius 3 is 3.00 bits per heavy atom. The molecule has 0 saturated carbocycles. The topological polar surface area (TPSA) is 23.5 Å². The molecule has 2 unspecified atom stereocenters. The van der Waals surface area contributed by atoms with Gasteiger partial charge >= 0.3 is 0 Å². The van der Waals surface area contributed by atoms with Crippen LogP contribution >= 0.6 is 0 Å². The van der Waals surface area contributed by atoms with Gasteiger partial charge in [-0.15, -0.1) is 0 Å². The SMILES string of the molecule is CC(F)CCN1CCCC(O)C1. The first-order valence-electron chi connectivity index (χ1n) is 4.73. The molecule has 2 atom stereocenters. The largest absolute Gasteiger partial charge is 0.392 e. The van der Waals surface area contributed by atoms with Crippen molar-refractivity contribution in [3.8, 4) is 0 Å². The van der Waals surface area contributed by atoms with Crippen LogP contribution in [0, 0.1) is 0 Å². The molecule has 3 heteroatoms. The molecular formula is C9H18FNO. The summed E-state index contributed by atoms with van der Waals surface area (Å²) in [7, 11) is 0. The van der Waals surface area contributed by atoms with Crippen LogP contribution in [0.25, 0.3) is 0 Å². The van der Waals surface area contributed by atoms with E-state index in [2.05, 4.69) is 4.90 Å². The number of likely N-dealkylation sites (tertiary alicyclic amines) is 1. The molecule has 0 radical (unpaired) electrons. The Morgan fingerprint density at radius 1 is 1.67 bits per heavy atom. The zero-order valence-corrected chi connectivity index (χ0v) is 7.67. The first-order valence-corrected chi connectivity index (χ1v) is 4.73. The first-order chi connectivity index (χ1) is 5.68. The number of alkyl halides is 1. The summed E-state index contributed by atoms with van der Waals surface area (Å²) in [6.07, 6.45) is 1.63. The molecule has 0 aromatic rings. The molecule has 1 saturated heterocycles. The van der Waals surface area contributed by atoms with E-state index >= 15 is 0 Å². The van der Waals surface area contributed by atoms with Gasteiger partial charge in [-0.3, -0.25) is 0 Å². The average molecular weight is 175 g/mol. The summed E-state index contributed by atoms with van der Waals surface area (Å²) in [5.41, 5.74) is 0. The fourth-order valence-electron chi connectivity index (χ4n) is 1.59. The van der Waals surface area contributed by atoms with Crippen LogP contribution in [0.3, 0.4) is 0 Å². The van der Waals surface area contributed by atoms with Gasteiger partial charge in [-0.25, -0.2) is 4.39 Å². The number of aliphatic hydroxyl groups is 1. The zero-order valence-electron chi connectivity index (χ0n) is 7.67. The van der Waals surface area contributed by atoms with Crippen molar-refractivity contribution in [2.45, 2.75) is 38.5 Å². The van der Waals surface area contributed by atoms with Crippen molar-refractivity contribution in [2.75, 3.05) is 19.6 Å². The minimum Gasteiger partial charge on any atom is -0.392 e. The van der Waals surface area contributed by atoms with Crippen LogP contribution in [0.4, 0.5) is 4.39 Å². The number of nitrogens with zero attached hydrogens (tertiary/aromatic N) is 1. The van der Waals surface area contributed by atoms with Crippen LogP contribution in [0.1, 0.15) is 26.2 Å². The molecule has 1 heterocycles. The van der Waals surface area contributed by atoms with E-state index in [0.717, 1.165) is 32.5 Å². The lowest BCUT2D eigenvalue weighted by Gasteiger charge is -2.29. The number of piperidine rings is 1. The van der Waals surface area contributed by atoms with Gasteiger partial charge in [0.15, 0.2) is 0 Å². The lowest BCUT2D eigenvalue weighted by atomic mass is 10.1. The fourth-order valence-corrected chi connectivity index (χ4v) is 1.59. The summed E-state index contributed by atoms with van der Waals surface area (Å²) in [6, 6.07) is 0. The van der Waals surface area contributed by atoms with Crippen molar-refractivity contribution >= 4 is 0 Å². The van der Waals surface area contributed by atoms with Gasteiger partial charge in [0.25, 0.3) is 0 Å². The summed E-state index contributed by atoms with van der Waals surface area (Å²) < 4.78 is 12.5. The predicted molar refractivity (Wildman–Crippen MR) is 46.9 cm³/mol. The summed E-state index contributed by atoms with van der Waals surface area (Å²) in [5.74, 6) is 0. The molecule has 1 aliphatic heterocycles. The van der Waals surface area contributed by atoms with Gasteiger partial charge in [0, 0.05) is 13.1 Å². The second-order valence-electron chi connectivity index (χ2n) is 3.67. The Labute approximate surface area is 73.4 Å². The normalized spacial score (nSPS) is 28.8. The molecule has 0 aromatic carbocycles. The summed E-state index contributed by atoms with van der Waals surface area (Å²) in [5, 5.41) is 9.31. The van der Waals surface area contributed by atoms with Crippen LogP contribution < -0.4 is 0 Å². The smallest absolute Gasteiger partial charge is 0.0985 e. The molecule has 72 valence electrons. The van der Waals surface area contributed by atoms with Crippen LogP contribution in [0.2, 0.25) is 0 Å². The molecule has 2 nitrogen and oxygen atoms in total. The molecule has 0 aromatic heterocycles. The molecular weight excluding hydrogens is 157 g/mol. The third-order valence-electron chi connectivity index (χ3n) is 2.32. The molecule has 1 rings (SSSR count). The van der Waals surface area contributed by atoms with E-state index in [1.807, 2.05) is 0 Å². The second-order valence-corrected chi connectivity index (χ2v) is 3.67. The van der Waals surface area contributed by atoms with E-state index in [4.69, 9.17) is 0 Å². The number of aliphatic hydroxyl groups excluding tert-OH is 1. The van der Waals surface area contributed by atoms with Gasteiger partial charge in [0.2, 0.25) is 0 Å². The third-order valence-corrected chi connectivity index (χ3v) is 2.32. The highest BCUT2D eigenvalue weighted by Gasteiger charge is 2.17. The highest BCUT2D eigenvalue weighted by molar-refractivity contribution is 4.71. The number of rotatable bonds is 3. The highest BCUT2D eigenvalue weighted by atomic mass is 19.1. The van der Waals surface area contributed by atoms with Crippen molar-refractivity contribution in [3.05, 3.63) is 0 Å². The molecule has 1 fully saturated rings. The second kappa shape index (κ2) is 4.77. The van der Waals surface area contributed by atoms with Crippen LogP contribution in [0.15, 0.2) is 0 Å². The molecule has 1 aliphatic rings. The molecule has 1 N–H and O–H groups in total. The number of hydrogen-bond acceptors (Lipinski definition) is 2. The Balaban J connectivity index is 2.14. The van der Waals surface area contributed by atoms with E-state index in [1.165, 1.54) is 0 Å². The van der Waals surface area contributed by atoms with E-state index in [9.17, 15) is 9.50 Å². The monoisotopic (exact) mass is 175 g/mol. The highest BCUT2D eigenvalue weighted by Crippen LogP contribution is 2.10. The molecule has 0 aliphatic carbocycles. The Morgan fingerprint density at radius 2 is 2.42 bits per heavy atom. The van der Waals surface area contributed by atoms with Gasteiger partial charge < -0.3 is 10.0 Å². The first kappa shape index (κ1) is 9.93. The Kier molecular flexibility index (Phi) is 3.95. The van der Waals surface area contributed by atoms with Gasteiger partial charge in [0.05, 0.1) is 12.3 Å². The fraction of sp³-hybridized carbons (Fsp3) is 1.00. The van der Waals surface area contributed by atoms with E-state index in [1.54, 1.807) is 6.92 Å². The quantitative estimate of drug-likeness (QED) is 0.696. The van der Waals surface area contributed by atoms with Crippen molar-refractivity contribution < 1.29 is 9.50 Å². The van der Waals surface area contributed by atoms with Crippen molar-refractivity contribution in [2.24, 2.45) is 0 Å². The maximum atomic E-state index is 12.5. The average Bonchev–Trinajstić information content (AvgIpc) is 2.01. The van der Waals surface area contributed by atoms with Gasteiger partial charge in [0.1, 0.15) is 0 Å². The van der Waals surface area contributed by atoms with E-state index in [0.29, 0.717) is 6.42 Å². The molecule has 12 heavy (non-hydrogen) atoms. The van der Waals surface area contributed by atoms with Crippen molar-refractivity contribution in [3.63, 3.8) is 0 Å². The Hall–Kier alpha value is -0.150. The van der Waals surface area contributed by atoms with Crippen LogP contribution in [-0.4, -0.2) is 41.9 Å². The lowest BCUT2D eigenvalue weighted by molar-refractivity contribution is 0.0666. The van der Waals surface area contributed by atoms with Gasteiger partial charge in [-0.2, -0.15) is 0 Å². The van der Waals surface area contributed by atoms with Crippen LogP contribution in [-0.2, 0) is 0 Å². The van der Waals surface area contributed by atoms with Gasteiger partial charge in [-0.1, -0.05) is 0 Å². The summed E-state index contributed by atoms with van der Waals surface area (Å²) in [6.45, 7) is 4.12. The third kappa shape index (κ3) is 3.50. The lowest BCUT2D eigenvalue weighted by Crippen LogP contribution is -2.39. The Bertz CT molecular complexity index is 130. The summed E-state index contributed by atoms with van der Waals surface area (Å²) >= 11 is 0. The maximum Gasteiger partial charge on any atom is 0.0985 e. The predicted octanol–water partition coefficient (Wildman–Crippen LogP) is 1.19. The molecule has 0 spiro atoms. The number of hydrogen-bond donors (Lipinski definition) is 1. The van der Waals surface area contributed by atoms with E-state index in [-0.39, 0.29) is 6.10 Å². The number of halogens is 1. The zero-order chi connectivity index (χ0) is 8.97. The van der Waals surface area contributed by atoms with Crippen molar-refractivity contribution in [1.82, 2.24) is 4.90 Å². The molecule has 0 bridgehead atoms. The van der Waals surface area contributed by atoms with Crippen LogP contribution in [0.5, 0.6) is 0 Å². The van der Waals surface area contributed by atoms with Gasteiger partial charge in [-0.05, 0) is 32.7 Å². The van der Waals surface area contributed by atoms with Crippen molar-refractivity contribution in [1.29, 1.82) is 0 Å².